The Balaban J connectivity index is 1.49. The van der Waals surface area contributed by atoms with Crippen molar-refractivity contribution >= 4 is 11.1 Å². The predicted molar refractivity (Wildman–Crippen MR) is 96.4 cm³/mol. The Labute approximate surface area is 147 Å². The molecule has 1 atom stereocenters. The van der Waals surface area contributed by atoms with Crippen LogP contribution in [-0.2, 0) is 13.6 Å². The van der Waals surface area contributed by atoms with E-state index >= 15 is 0 Å². The lowest BCUT2D eigenvalue weighted by Gasteiger charge is -2.30. The van der Waals surface area contributed by atoms with E-state index in [-0.39, 0.29) is 0 Å². The SMILES string of the molecule is CC(C)c1nnc(CN2CCCC(c3nc4ccccc4o3)C2)n1C. The first-order valence-electron chi connectivity index (χ1n) is 9.08. The molecule has 0 spiro atoms. The maximum atomic E-state index is 5.99. The predicted octanol–water partition coefficient (Wildman–Crippen LogP) is 3.46. The Hall–Kier alpha value is -2.21. The van der Waals surface area contributed by atoms with Crippen LogP contribution in [0.5, 0.6) is 0 Å². The van der Waals surface area contributed by atoms with Crippen molar-refractivity contribution in [1.82, 2.24) is 24.6 Å². The summed E-state index contributed by atoms with van der Waals surface area (Å²) in [6, 6.07) is 7.99. The molecule has 1 fully saturated rings. The van der Waals surface area contributed by atoms with Gasteiger partial charge in [0.25, 0.3) is 0 Å². The Morgan fingerprint density at radius 3 is 2.84 bits per heavy atom. The molecule has 0 bridgehead atoms. The fourth-order valence-corrected chi connectivity index (χ4v) is 3.68. The smallest absolute Gasteiger partial charge is 0.199 e. The van der Waals surface area contributed by atoms with Crippen LogP contribution in [0, 0.1) is 0 Å². The molecule has 1 aliphatic heterocycles. The van der Waals surface area contributed by atoms with E-state index in [4.69, 9.17) is 9.40 Å². The second-order valence-corrected chi connectivity index (χ2v) is 7.28. The Morgan fingerprint density at radius 2 is 2.08 bits per heavy atom. The number of hydrogen-bond donors (Lipinski definition) is 0. The minimum atomic E-state index is 0.346. The first-order valence-corrected chi connectivity index (χ1v) is 9.08. The summed E-state index contributed by atoms with van der Waals surface area (Å²) in [5.74, 6) is 3.68. The number of fused-ring (bicyclic) bond motifs is 1. The fraction of sp³-hybridized carbons (Fsp3) is 0.526. The molecule has 0 amide bonds. The number of nitrogens with zero attached hydrogens (tertiary/aromatic N) is 5. The van der Waals surface area contributed by atoms with E-state index < -0.39 is 0 Å². The number of aromatic nitrogens is 4. The number of oxazole rings is 1. The molecular formula is C19H25N5O. The van der Waals surface area contributed by atoms with Crippen LogP contribution >= 0.6 is 0 Å². The van der Waals surface area contributed by atoms with Crippen LogP contribution < -0.4 is 0 Å². The molecule has 1 aromatic carbocycles. The number of rotatable bonds is 4. The highest BCUT2D eigenvalue weighted by molar-refractivity contribution is 5.72. The monoisotopic (exact) mass is 339 g/mol. The average Bonchev–Trinajstić information content (AvgIpc) is 3.19. The molecule has 6 nitrogen and oxygen atoms in total. The number of hydrogen-bond acceptors (Lipinski definition) is 5. The summed E-state index contributed by atoms with van der Waals surface area (Å²) in [5.41, 5.74) is 1.83. The van der Waals surface area contributed by atoms with Gasteiger partial charge in [0, 0.05) is 25.4 Å². The molecule has 3 heterocycles. The van der Waals surface area contributed by atoms with E-state index in [1.165, 1.54) is 0 Å². The lowest BCUT2D eigenvalue weighted by atomic mass is 9.98. The van der Waals surface area contributed by atoms with Crippen LogP contribution in [0.25, 0.3) is 11.1 Å². The standard InChI is InChI=1S/C19H25N5O/c1-13(2)18-22-21-17(23(18)3)12-24-10-6-7-14(11-24)19-20-15-8-4-5-9-16(15)25-19/h4-5,8-9,13-14H,6-7,10-12H2,1-3H3. The van der Waals surface area contributed by atoms with Gasteiger partial charge < -0.3 is 8.98 Å². The van der Waals surface area contributed by atoms with Crippen LogP contribution in [0.2, 0.25) is 0 Å². The van der Waals surface area contributed by atoms with Gasteiger partial charge in [-0.15, -0.1) is 10.2 Å². The second-order valence-electron chi connectivity index (χ2n) is 7.28. The number of benzene rings is 1. The van der Waals surface area contributed by atoms with E-state index in [1.807, 2.05) is 24.3 Å². The first kappa shape index (κ1) is 16.3. The minimum absolute atomic E-state index is 0.346. The summed E-state index contributed by atoms with van der Waals surface area (Å²) in [5, 5.41) is 8.74. The third-order valence-corrected chi connectivity index (χ3v) is 5.05. The van der Waals surface area contributed by atoms with E-state index in [2.05, 4.69) is 40.6 Å². The summed E-state index contributed by atoms with van der Waals surface area (Å²) in [6.07, 6.45) is 2.28. The molecule has 0 saturated carbocycles. The third kappa shape index (κ3) is 3.18. The lowest BCUT2D eigenvalue weighted by Crippen LogP contribution is -2.34. The van der Waals surface area contributed by atoms with Gasteiger partial charge in [-0.2, -0.15) is 0 Å². The highest BCUT2D eigenvalue weighted by Crippen LogP contribution is 2.29. The summed E-state index contributed by atoms with van der Waals surface area (Å²) >= 11 is 0. The van der Waals surface area contributed by atoms with Gasteiger partial charge in [0.1, 0.15) is 17.2 Å². The van der Waals surface area contributed by atoms with E-state index in [0.717, 1.165) is 61.1 Å². The Kier molecular flexibility index (Phi) is 4.29. The molecule has 25 heavy (non-hydrogen) atoms. The normalized spacial score (nSPS) is 19.1. The van der Waals surface area contributed by atoms with Crippen molar-refractivity contribution in [2.45, 2.75) is 45.1 Å². The summed E-state index contributed by atoms with van der Waals surface area (Å²) in [4.78, 5) is 7.14. The van der Waals surface area contributed by atoms with Gasteiger partial charge in [0.15, 0.2) is 11.5 Å². The highest BCUT2D eigenvalue weighted by Gasteiger charge is 2.26. The summed E-state index contributed by atoms with van der Waals surface area (Å²) in [7, 11) is 2.06. The van der Waals surface area contributed by atoms with Gasteiger partial charge >= 0.3 is 0 Å². The molecule has 1 unspecified atom stereocenters. The van der Waals surface area contributed by atoms with Crippen molar-refractivity contribution in [2.75, 3.05) is 13.1 Å². The molecular weight excluding hydrogens is 314 g/mol. The Bertz CT molecular complexity index is 833. The maximum Gasteiger partial charge on any atom is 0.199 e. The fourth-order valence-electron chi connectivity index (χ4n) is 3.68. The van der Waals surface area contributed by atoms with Gasteiger partial charge in [0.2, 0.25) is 0 Å². The topological polar surface area (TPSA) is 60.0 Å². The number of likely N-dealkylation sites (tertiary alicyclic amines) is 1. The first-order chi connectivity index (χ1) is 12.1. The Morgan fingerprint density at radius 1 is 1.24 bits per heavy atom. The molecule has 1 saturated heterocycles. The zero-order valence-electron chi connectivity index (χ0n) is 15.1. The lowest BCUT2D eigenvalue weighted by molar-refractivity contribution is 0.181. The van der Waals surface area contributed by atoms with Crippen LogP contribution in [0.4, 0.5) is 0 Å². The maximum absolute atomic E-state index is 5.99. The van der Waals surface area contributed by atoms with Gasteiger partial charge in [-0.05, 0) is 31.5 Å². The summed E-state index contributed by atoms with van der Waals surface area (Å²) < 4.78 is 8.13. The molecule has 132 valence electrons. The van der Waals surface area contributed by atoms with Crippen molar-refractivity contribution < 1.29 is 4.42 Å². The molecule has 2 aromatic heterocycles. The zero-order valence-corrected chi connectivity index (χ0v) is 15.1. The molecule has 0 radical (unpaired) electrons. The van der Waals surface area contributed by atoms with Crippen LogP contribution in [0.3, 0.4) is 0 Å². The zero-order chi connectivity index (χ0) is 17.4. The van der Waals surface area contributed by atoms with Crippen molar-refractivity contribution in [3.05, 3.63) is 41.8 Å². The van der Waals surface area contributed by atoms with Gasteiger partial charge in [0.05, 0.1) is 6.54 Å². The quantitative estimate of drug-likeness (QED) is 0.728. The van der Waals surface area contributed by atoms with Crippen molar-refractivity contribution in [1.29, 1.82) is 0 Å². The van der Waals surface area contributed by atoms with Crippen molar-refractivity contribution in [3.63, 3.8) is 0 Å². The van der Waals surface area contributed by atoms with Crippen LogP contribution in [0.15, 0.2) is 28.7 Å². The number of piperidine rings is 1. The number of para-hydroxylation sites is 2. The molecule has 6 heteroatoms. The van der Waals surface area contributed by atoms with Gasteiger partial charge in [-0.1, -0.05) is 26.0 Å². The molecule has 0 N–H and O–H groups in total. The molecule has 0 aliphatic carbocycles. The van der Waals surface area contributed by atoms with Gasteiger partial charge in [-0.25, -0.2) is 4.98 Å². The molecule has 3 aromatic rings. The van der Waals surface area contributed by atoms with E-state index in [0.29, 0.717) is 11.8 Å². The highest BCUT2D eigenvalue weighted by atomic mass is 16.3. The minimum Gasteiger partial charge on any atom is -0.440 e. The van der Waals surface area contributed by atoms with Crippen molar-refractivity contribution in [3.8, 4) is 0 Å². The average molecular weight is 339 g/mol. The second kappa shape index (κ2) is 6.59. The summed E-state index contributed by atoms with van der Waals surface area (Å²) in [6.45, 7) is 7.17. The molecule has 4 rings (SSSR count). The van der Waals surface area contributed by atoms with Gasteiger partial charge in [-0.3, -0.25) is 4.90 Å². The largest absolute Gasteiger partial charge is 0.440 e. The van der Waals surface area contributed by atoms with Crippen LogP contribution in [0.1, 0.15) is 56.1 Å². The van der Waals surface area contributed by atoms with E-state index in [9.17, 15) is 0 Å². The molecule has 1 aliphatic rings. The third-order valence-electron chi connectivity index (χ3n) is 5.05. The van der Waals surface area contributed by atoms with E-state index in [1.54, 1.807) is 0 Å². The van der Waals surface area contributed by atoms with Crippen LogP contribution in [-0.4, -0.2) is 37.7 Å². The van der Waals surface area contributed by atoms with Crippen molar-refractivity contribution in [2.24, 2.45) is 7.05 Å².